The van der Waals surface area contributed by atoms with E-state index in [0.717, 1.165) is 5.69 Å². The van der Waals surface area contributed by atoms with Crippen LogP contribution in [0.15, 0.2) is 55.0 Å². The minimum absolute atomic E-state index is 0.279. The molecule has 0 aliphatic carbocycles. The number of benzene rings is 2. The van der Waals surface area contributed by atoms with Gasteiger partial charge in [-0.15, -0.1) is 0 Å². The summed E-state index contributed by atoms with van der Waals surface area (Å²) >= 11 is 13.0. The summed E-state index contributed by atoms with van der Waals surface area (Å²) in [4.78, 5) is 17.5. The van der Waals surface area contributed by atoms with E-state index < -0.39 is 0 Å². The minimum atomic E-state index is 0.279. The number of methoxy groups -OCH3 is 3. The van der Waals surface area contributed by atoms with Gasteiger partial charge in [-0.3, -0.25) is 0 Å². The maximum atomic E-state index is 6.51. The van der Waals surface area contributed by atoms with Gasteiger partial charge in [0.15, 0.2) is 5.82 Å². The van der Waals surface area contributed by atoms with Gasteiger partial charge in [0.1, 0.15) is 39.4 Å². The molecule has 0 bridgehead atoms. The molecule has 2 aromatic heterocycles. The van der Waals surface area contributed by atoms with Crippen LogP contribution in [0.25, 0.3) is 11.4 Å². The van der Waals surface area contributed by atoms with Crippen LogP contribution in [-0.2, 0) is 0 Å². The average molecular weight is 499 g/mol. The highest BCUT2D eigenvalue weighted by Crippen LogP contribution is 2.45. The van der Waals surface area contributed by atoms with Crippen molar-refractivity contribution < 1.29 is 14.2 Å². The zero-order valence-electron chi connectivity index (χ0n) is 18.5. The largest absolute Gasteiger partial charge is 0.497 e. The van der Waals surface area contributed by atoms with Crippen molar-refractivity contribution >= 4 is 46.3 Å². The summed E-state index contributed by atoms with van der Waals surface area (Å²) in [6.45, 7) is 0. The summed E-state index contributed by atoms with van der Waals surface area (Å²) < 4.78 is 15.9. The molecule has 0 aliphatic heterocycles. The Balaban J connectivity index is 1.70. The molecule has 34 heavy (non-hydrogen) atoms. The Morgan fingerprint density at radius 3 is 2.26 bits per heavy atom. The molecule has 0 saturated heterocycles. The van der Waals surface area contributed by atoms with Crippen molar-refractivity contribution in [1.82, 2.24) is 19.9 Å². The van der Waals surface area contributed by atoms with Crippen LogP contribution < -0.4 is 24.8 Å². The first-order valence-corrected chi connectivity index (χ1v) is 10.7. The normalized spacial score (nSPS) is 10.5. The number of hydrogen-bond acceptors (Lipinski definition) is 9. The topological polar surface area (TPSA) is 103 Å². The number of hydrogen-bond donors (Lipinski definition) is 2. The van der Waals surface area contributed by atoms with E-state index in [4.69, 9.17) is 37.4 Å². The molecule has 0 fully saturated rings. The molecule has 0 atom stereocenters. The molecule has 4 aromatic rings. The number of ether oxygens (including phenoxy) is 3. The highest BCUT2D eigenvalue weighted by atomic mass is 35.5. The van der Waals surface area contributed by atoms with Gasteiger partial charge in [0.2, 0.25) is 5.95 Å². The van der Waals surface area contributed by atoms with Crippen molar-refractivity contribution in [2.45, 2.75) is 0 Å². The van der Waals surface area contributed by atoms with E-state index in [1.165, 1.54) is 20.5 Å². The predicted octanol–water partition coefficient (Wildman–Crippen LogP) is 5.75. The Kier molecular flexibility index (Phi) is 7.15. The van der Waals surface area contributed by atoms with Crippen LogP contribution >= 0.6 is 23.2 Å². The van der Waals surface area contributed by atoms with E-state index in [1.807, 2.05) is 30.3 Å². The summed E-state index contributed by atoms with van der Waals surface area (Å²) in [5.74, 6) is 2.67. The third-order valence-corrected chi connectivity index (χ3v) is 5.51. The number of rotatable bonds is 8. The van der Waals surface area contributed by atoms with Crippen molar-refractivity contribution in [1.29, 1.82) is 0 Å². The smallest absolute Gasteiger partial charge is 0.230 e. The summed E-state index contributed by atoms with van der Waals surface area (Å²) in [5.41, 5.74) is 1.75. The Morgan fingerprint density at radius 1 is 0.794 bits per heavy atom. The second kappa shape index (κ2) is 10.4. The van der Waals surface area contributed by atoms with Crippen LogP contribution in [0.5, 0.6) is 17.2 Å². The molecule has 2 aromatic carbocycles. The molecule has 9 nitrogen and oxygen atoms in total. The number of anilines is 4. The lowest BCUT2D eigenvalue weighted by Gasteiger charge is -2.17. The Morgan fingerprint density at radius 2 is 1.56 bits per heavy atom. The fraction of sp³-hybridized carbons (Fsp3) is 0.130. The number of pyridine rings is 1. The first-order valence-electron chi connectivity index (χ1n) is 9.96. The fourth-order valence-corrected chi connectivity index (χ4v) is 3.71. The van der Waals surface area contributed by atoms with Gasteiger partial charge in [-0.25, -0.2) is 15.0 Å². The van der Waals surface area contributed by atoms with Crippen LogP contribution in [0.4, 0.5) is 23.1 Å². The molecule has 2 N–H and O–H groups in total. The number of halogens is 2. The van der Waals surface area contributed by atoms with Gasteiger partial charge in [0.25, 0.3) is 0 Å². The van der Waals surface area contributed by atoms with Crippen LogP contribution in [-0.4, -0.2) is 41.3 Å². The quantitative estimate of drug-likeness (QED) is 0.314. The Hall–Kier alpha value is -3.82. The molecule has 0 aliphatic rings. The van der Waals surface area contributed by atoms with Crippen LogP contribution in [0.2, 0.25) is 10.0 Å². The van der Waals surface area contributed by atoms with Crippen LogP contribution in [0, 0.1) is 0 Å². The molecule has 174 valence electrons. The highest BCUT2D eigenvalue weighted by molar-refractivity contribution is 6.41. The van der Waals surface area contributed by atoms with Gasteiger partial charge in [-0.1, -0.05) is 29.3 Å². The summed E-state index contributed by atoms with van der Waals surface area (Å²) in [6.07, 6.45) is 3.04. The van der Waals surface area contributed by atoms with Gasteiger partial charge in [-0.2, -0.15) is 4.98 Å². The van der Waals surface area contributed by atoms with Gasteiger partial charge in [-0.05, 0) is 24.3 Å². The molecule has 0 unspecified atom stereocenters. The van der Waals surface area contributed by atoms with E-state index in [9.17, 15) is 0 Å². The number of nitrogens with one attached hydrogen (secondary N) is 2. The van der Waals surface area contributed by atoms with E-state index in [1.54, 1.807) is 25.4 Å². The van der Waals surface area contributed by atoms with Gasteiger partial charge >= 0.3 is 0 Å². The molecule has 11 heteroatoms. The number of nitrogens with zero attached hydrogens (tertiary/aromatic N) is 4. The maximum Gasteiger partial charge on any atom is 0.230 e. The summed E-state index contributed by atoms with van der Waals surface area (Å²) in [6, 6.07) is 12.6. The molecule has 0 amide bonds. The van der Waals surface area contributed by atoms with Gasteiger partial charge in [0.05, 0.1) is 32.6 Å². The molecule has 0 saturated carbocycles. The molecular formula is C23H20Cl2N6O3. The van der Waals surface area contributed by atoms with E-state index in [2.05, 4.69) is 30.6 Å². The van der Waals surface area contributed by atoms with Gasteiger partial charge in [0, 0.05) is 24.0 Å². The predicted molar refractivity (Wildman–Crippen MR) is 132 cm³/mol. The van der Waals surface area contributed by atoms with E-state index in [0.29, 0.717) is 46.1 Å². The lowest BCUT2D eigenvalue weighted by atomic mass is 10.2. The summed E-state index contributed by atoms with van der Waals surface area (Å²) in [7, 11) is 4.62. The first kappa shape index (κ1) is 23.3. The van der Waals surface area contributed by atoms with Crippen LogP contribution in [0.3, 0.4) is 0 Å². The summed E-state index contributed by atoms with van der Waals surface area (Å²) in [5, 5.41) is 6.87. The lowest BCUT2D eigenvalue weighted by molar-refractivity contribution is 0.395. The first-order chi connectivity index (χ1) is 16.5. The van der Waals surface area contributed by atoms with Crippen molar-refractivity contribution in [3.8, 4) is 28.6 Å². The van der Waals surface area contributed by atoms with Crippen molar-refractivity contribution in [2.75, 3.05) is 32.0 Å². The molecule has 0 radical (unpaired) electrons. The highest BCUT2D eigenvalue weighted by Gasteiger charge is 2.20. The zero-order chi connectivity index (χ0) is 24.1. The molecule has 0 spiro atoms. The van der Waals surface area contributed by atoms with Crippen LogP contribution in [0.1, 0.15) is 0 Å². The maximum absolute atomic E-state index is 6.51. The van der Waals surface area contributed by atoms with Crippen molar-refractivity contribution in [3.05, 3.63) is 65.0 Å². The SMILES string of the molecule is COc1cccc(Nc2ncnc(-c3cccnc3Nc3c(Cl)c(OC)cc(OC)c3Cl)n2)c1. The van der Waals surface area contributed by atoms with E-state index >= 15 is 0 Å². The van der Waals surface area contributed by atoms with Gasteiger partial charge < -0.3 is 24.8 Å². The number of aromatic nitrogens is 4. The average Bonchev–Trinajstić information content (AvgIpc) is 2.87. The molecular weight excluding hydrogens is 479 g/mol. The molecule has 4 rings (SSSR count). The Bertz CT molecular complexity index is 1290. The monoisotopic (exact) mass is 498 g/mol. The minimum Gasteiger partial charge on any atom is -0.497 e. The molecule has 2 heterocycles. The van der Waals surface area contributed by atoms with E-state index in [-0.39, 0.29) is 10.0 Å². The zero-order valence-corrected chi connectivity index (χ0v) is 20.0. The Labute approximate surface area is 206 Å². The third-order valence-electron chi connectivity index (χ3n) is 4.76. The standard InChI is InChI=1S/C23H20Cl2N6O3/c1-32-14-7-4-6-13(10-14)29-23-28-12-27-22(31-23)15-8-5-9-26-21(15)30-20-18(24)16(33-2)11-17(34-3)19(20)25/h4-12H,1-3H3,(H,26,30)(H,27,28,29,31). The van der Waals surface area contributed by atoms with Crippen molar-refractivity contribution in [3.63, 3.8) is 0 Å². The van der Waals surface area contributed by atoms with Crippen molar-refractivity contribution in [2.24, 2.45) is 0 Å². The fourth-order valence-electron chi connectivity index (χ4n) is 3.12. The third kappa shape index (κ3) is 4.90. The second-order valence-electron chi connectivity index (χ2n) is 6.80. The second-order valence-corrected chi connectivity index (χ2v) is 7.55. The lowest BCUT2D eigenvalue weighted by Crippen LogP contribution is -2.04.